The second-order valence-electron chi connectivity index (χ2n) is 14.8. The Bertz CT molecular complexity index is 1450. The number of halogens is 1. The van der Waals surface area contributed by atoms with E-state index in [1.165, 1.54) is 60.3 Å². The molecule has 0 aromatic heterocycles. The highest BCUT2D eigenvalue weighted by molar-refractivity contribution is 8.16. The van der Waals surface area contributed by atoms with E-state index in [2.05, 4.69) is 116 Å². The third kappa shape index (κ3) is 24.7. The van der Waals surface area contributed by atoms with Crippen LogP contribution < -0.4 is 0 Å². The largest absolute Gasteiger partial charge is 0.286 e. The molecule has 0 fully saturated rings. The fourth-order valence-electron chi connectivity index (χ4n) is 5.51. The Morgan fingerprint density at radius 1 is 0.849 bits per heavy atom. The summed E-state index contributed by atoms with van der Waals surface area (Å²) in [5.74, 6) is 1.36. The summed E-state index contributed by atoms with van der Waals surface area (Å²) in [6, 6.07) is 15.8. The number of nitrogens with zero attached hydrogens (tertiary/aromatic N) is 1. The molecule has 0 bridgehead atoms. The van der Waals surface area contributed by atoms with Gasteiger partial charge in [-0.1, -0.05) is 186 Å². The first-order chi connectivity index (χ1) is 24.9. The second-order valence-corrected chi connectivity index (χ2v) is 15.7. The van der Waals surface area contributed by atoms with Crippen molar-refractivity contribution in [3.8, 4) is 11.1 Å². The van der Waals surface area contributed by atoms with Gasteiger partial charge in [0.1, 0.15) is 5.67 Å². The molecule has 2 aromatic rings. The fraction of sp³-hybridized carbons (Fsp3) is 0.500. The van der Waals surface area contributed by atoms with Crippen LogP contribution in [-0.2, 0) is 5.67 Å². The van der Waals surface area contributed by atoms with Gasteiger partial charge in [-0.15, -0.1) is 0 Å². The van der Waals surface area contributed by atoms with Crippen molar-refractivity contribution in [1.82, 2.24) is 0 Å². The minimum absolute atomic E-state index is 0.639. The number of alkyl halides is 1. The highest BCUT2D eigenvalue weighted by Gasteiger charge is 2.18. The zero-order valence-electron chi connectivity index (χ0n) is 36.8. The molecule has 0 aliphatic carbocycles. The molecule has 0 amide bonds. The maximum absolute atomic E-state index is 13.8. The van der Waals surface area contributed by atoms with E-state index in [9.17, 15) is 4.39 Å². The molecular weight excluding hydrogens is 666 g/mol. The van der Waals surface area contributed by atoms with Crippen LogP contribution in [0.15, 0.2) is 119 Å². The summed E-state index contributed by atoms with van der Waals surface area (Å²) in [5, 5.41) is 3.37. The van der Waals surface area contributed by atoms with Crippen molar-refractivity contribution < 1.29 is 4.39 Å². The quantitative estimate of drug-likeness (QED) is 0.0766. The van der Waals surface area contributed by atoms with Crippen LogP contribution in [0.1, 0.15) is 153 Å². The summed E-state index contributed by atoms with van der Waals surface area (Å²) in [4.78, 5) is 4.42. The number of hydrogen-bond acceptors (Lipinski definition) is 2. The Balaban J connectivity index is 0. The van der Waals surface area contributed by atoms with Gasteiger partial charge in [-0.3, -0.25) is 4.99 Å². The first kappa shape index (κ1) is 51.9. The topological polar surface area (TPSA) is 12.4 Å². The Kier molecular flexibility index (Phi) is 29.6. The minimum atomic E-state index is -1.30. The lowest BCUT2D eigenvalue weighted by Gasteiger charge is -2.16. The maximum atomic E-state index is 13.8. The molecule has 0 atom stereocenters. The van der Waals surface area contributed by atoms with Crippen LogP contribution in [0.3, 0.4) is 0 Å². The smallest absolute Gasteiger partial charge is 0.130 e. The van der Waals surface area contributed by atoms with Crippen molar-refractivity contribution in [3.05, 3.63) is 125 Å². The molecule has 0 saturated heterocycles. The van der Waals surface area contributed by atoms with E-state index >= 15 is 0 Å². The summed E-state index contributed by atoms with van der Waals surface area (Å²) < 4.78 is 13.8. The number of aliphatic imine (C=N–C) groups is 1. The van der Waals surface area contributed by atoms with Gasteiger partial charge in [0.05, 0.1) is 5.04 Å². The zero-order valence-corrected chi connectivity index (χ0v) is 37.6. The first-order valence-electron chi connectivity index (χ1n) is 19.9. The van der Waals surface area contributed by atoms with E-state index in [1.807, 2.05) is 70.3 Å². The summed E-state index contributed by atoms with van der Waals surface area (Å²) in [6.45, 7) is 36.9. The van der Waals surface area contributed by atoms with E-state index in [1.54, 1.807) is 25.6 Å². The molecule has 0 heterocycles. The second kappa shape index (κ2) is 30.2. The highest BCUT2D eigenvalue weighted by Crippen LogP contribution is 2.31. The summed E-state index contributed by atoms with van der Waals surface area (Å²) in [5.41, 5.74) is 9.30. The molecule has 296 valence electrons. The van der Waals surface area contributed by atoms with Crippen molar-refractivity contribution in [2.45, 2.75) is 148 Å². The lowest BCUT2D eigenvalue weighted by Crippen LogP contribution is -2.10. The normalized spacial score (nSPS) is 12.5. The first-order valence-corrected chi connectivity index (χ1v) is 20.8. The highest BCUT2D eigenvalue weighted by atomic mass is 32.2. The van der Waals surface area contributed by atoms with E-state index in [4.69, 9.17) is 0 Å². The van der Waals surface area contributed by atoms with Crippen LogP contribution in [0.25, 0.3) is 16.7 Å². The SMILES string of the molecule is C/C=C\C(C)=C(/C)CC.C=C(C)/C=C/SC(=NC)C(CCC)CCC.C=C(C)c1ccccc1-c1ccc(C(C)(C)F)cc1.CCC/C(C)=C/C(C)C. The molecule has 2 rings (SSSR count). The molecule has 0 unspecified atom stereocenters. The molecular formula is C50H78FNS. The van der Waals surface area contributed by atoms with Crippen molar-refractivity contribution in [1.29, 1.82) is 0 Å². The van der Waals surface area contributed by atoms with E-state index in [-0.39, 0.29) is 0 Å². The minimum Gasteiger partial charge on any atom is -0.286 e. The predicted octanol–water partition coefficient (Wildman–Crippen LogP) is 17.3. The molecule has 0 saturated carbocycles. The van der Waals surface area contributed by atoms with Crippen LogP contribution in [0.5, 0.6) is 0 Å². The predicted molar refractivity (Wildman–Crippen MR) is 246 cm³/mol. The van der Waals surface area contributed by atoms with Crippen LogP contribution in [0.4, 0.5) is 4.39 Å². The molecule has 0 aliphatic rings. The van der Waals surface area contributed by atoms with Gasteiger partial charge in [0, 0.05) is 13.0 Å². The Labute approximate surface area is 332 Å². The zero-order chi connectivity index (χ0) is 41.0. The molecule has 3 heteroatoms. The van der Waals surface area contributed by atoms with Gasteiger partial charge in [0.2, 0.25) is 0 Å². The van der Waals surface area contributed by atoms with Gasteiger partial charge in [-0.2, -0.15) is 0 Å². The van der Waals surface area contributed by atoms with Gasteiger partial charge in [-0.25, -0.2) is 4.39 Å². The maximum Gasteiger partial charge on any atom is 0.130 e. The summed E-state index contributed by atoms with van der Waals surface area (Å²) >= 11 is 1.75. The summed E-state index contributed by atoms with van der Waals surface area (Å²) in [6.07, 6.45) is 17.3. The van der Waals surface area contributed by atoms with Crippen molar-refractivity contribution in [2.75, 3.05) is 7.05 Å². The molecule has 0 spiro atoms. The van der Waals surface area contributed by atoms with E-state index in [0.29, 0.717) is 11.5 Å². The Morgan fingerprint density at radius 2 is 1.42 bits per heavy atom. The van der Waals surface area contributed by atoms with Crippen LogP contribution in [-0.4, -0.2) is 12.1 Å². The number of thioether (sulfide) groups is 1. The lowest BCUT2D eigenvalue weighted by atomic mass is 9.93. The van der Waals surface area contributed by atoms with Crippen molar-refractivity contribution in [2.24, 2.45) is 16.8 Å². The Morgan fingerprint density at radius 3 is 1.83 bits per heavy atom. The molecule has 1 nitrogen and oxygen atoms in total. The van der Waals surface area contributed by atoms with E-state index < -0.39 is 5.67 Å². The molecule has 0 radical (unpaired) electrons. The molecule has 0 N–H and O–H groups in total. The number of allylic oxidation sites excluding steroid dienone is 9. The fourth-order valence-corrected chi connectivity index (χ4v) is 6.48. The van der Waals surface area contributed by atoms with Crippen molar-refractivity contribution in [3.63, 3.8) is 0 Å². The van der Waals surface area contributed by atoms with Gasteiger partial charge < -0.3 is 0 Å². The number of rotatable bonds is 15. The third-order valence-electron chi connectivity index (χ3n) is 8.54. The average Bonchev–Trinajstić information content (AvgIpc) is 3.10. The number of hydrogen-bond donors (Lipinski definition) is 0. The van der Waals surface area contributed by atoms with E-state index in [0.717, 1.165) is 40.2 Å². The molecule has 0 aliphatic heterocycles. The average molecular weight is 744 g/mol. The molecule has 53 heavy (non-hydrogen) atoms. The van der Waals surface area contributed by atoms with Gasteiger partial charge >= 0.3 is 0 Å². The van der Waals surface area contributed by atoms with Crippen LogP contribution >= 0.6 is 11.8 Å². The standard InChI is InChI=1S/C18H19F.C14H25NS.C9H18.C9H16/c1-13(2)16-7-5-6-8-17(16)14-9-11-15(12-10-14)18(3,4)19;1-6-8-13(9-7-2)14(15-5)16-11-10-12(3)4;1-5-6-9(4)7-8(2)3;1-5-7-9(4)8(3)6-2/h5-12H,1H2,2-4H3;10-11,13H,3,6-9H2,1-2,4-5H3;7-8H,5-6H2,1-4H3;5,7H,6H2,1-4H3/b;11-10+,15-14?;9-7+;7-5-,9-8+. The molecule has 2 aromatic carbocycles. The monoisotopic (exact) mass is 744 g/mol. The Hall–Kier alpha value is -3.17. The van der Waals surface area contributed by atoms with Gasteiger partial charge in [-0.05, 0) is 115 Å². The van der Waals surface area contributed by atoms with Crippen LogP contribution in [0.2, 0.25) is 0 Å². The summed E-state index contributed by atoms with van der Waals surface area (Å²) in [7, 11) is 1.90. The third-order valence-corrected chi connectivity index (χ3v) is 9.57. The lowest BCUT2D eigenvalue weighted by molar-refractivity contribution is 0.221. The number of benzene rings is 2. The van der Waals surface area contributed by atoms with Crippen LogP contribution in [0, 0.1) is 11.8 Å². The van der Waals surface area contributed by atoms with Gasteiger partial charge in [0.15, 0.2) is 0 Å². The van der Waals surface area contributed by atoms with Crippen molar-refractivity contribution >= 4 is 22.4 Å². The van der Waals surface area contributed by atoms with Gasteiger partial charge in [0.25, 0.3) is 0 Å².